The number of aryl methyl sites for hydroxylation is 1. The fourth-order valence-electron chi connectivity index (χ4n) is 1.68. The van der Waals surface area contributed by atoms with Crippen LogP contribution in [0.15, 0.2) is 36.7 Å². The predicted octanol–water partition coefficient (Wildman–Crippen LogP) is 2.77. The number of halogens is 1. The lowest BCUT2D eigenvalue weighted by Gasteiger charge is -2.08. The SMILES string of the molecule is COc1cc(C)ccc1C(=O)c1cncc(F)c1. The van der Waals surface area contributed by atoms with Gasteiger partial charge in [0.2, 0.25) is 0 Å². The van der Waals surface area contributed by atoms with Crippen LogP contribution in [0.1, 0.15) is 21.5 Å². The van der Waals surface area contributed by atoms with Crippen molar-refractivity contribution in [1.82, 2.24) is 4.98 Å². The van der Waals surface area contributed by atoms with Crippen LogP contribution in [0.4, 0.5) is 4.39 Å². The predicted molar refractivity (Wildman–Crippen MR) is 65.4 cm³/mol. The highest BCUT2D eigenvalue weighted by molar-refractivity contribution is 6.10. The van der Waals surface area contributed by atoms with Crippen molar-refractivity contribution in [3.05, 3.63) is 59.2 Å². The van der Waals surface area contributed by atoms with Gasteiger partial charge in [-0.3, -0.25) is 9.78 Å². The molecule has 0 aliphatic carbocycles. The zero-order chi connectivity index (χ0) is 13.1. The van der Waals surface area contributed by atoms with Gasteiger partial charge in [-0.15, -0.1) is 0 Å². The first kappa shape index (κ1) is 12.2. The second-order valence-electron chi connectivity index (χ2n) is 3.92. The second-order valence-corrected chi connectivity index (χ2v) is 3.92. The number of benzene rings is 1. The number of hydrogen-bond acceptors (Lipinski definition) is 3. The number of hydrogen-bond donors (Lipinski definition) is 0. The molecule has 92 valence electrons. The Labute approximate surface area is 104 Å². The number of methoxy groups -OCH3 is 1. The Bertz CT molecular complexity index is 596. The maximum absolute atomic E-state index is 13.0. The number of pyridine rings is 1. The Morgan fingerprint density at radius 3 is 2.72 bits per heavy atom. The maximum Gasteiger partial charge on any atom is 0.198 e. The van der Waals surface area contributed by atoms with Crippen molar-refractivity contribution in [1.29, 1.82) is 0 Å². The summed E-state index contributed by atoms with van der Waals surface area (Å²) in [7, 11) is 1.50. The molecule has 0 aliphatic heterocycles. The molecule has 0 bridgehead atoms. The van der Waals surface area contributed by atoms with Crippen molar-refractivity contribution in [3.8, 4) is 5.75 Å². The third-order valence-electron chi connectivity index (χ3n) is 2.57. The van der Waals surface area contributed by atoms with Gasteiger partial charge >= 0.3 is 0 Å². The topological polar surface area (TPSA) is 39.2 Å². The summed E-state index contributed by atoms with van der Waals surface area (Å²) in [6.07, 6.45) is 2.40. The minimum Gasteiger partial charge on any atom is -0.496 e. The van der Waals surface area contributed by atoms with Gasteiger partial charge in [-0.1, -0.05) is 6.07 Å². The molecule has 0 saturated heterocycles. The van der Waals surface area contributed by atoms with E-state index in [1.54, 1.807) is 12.1 Å². The van der Waals surface area contributed by atoms with Crippen molar-refractivity contribution in [2.75, 3.05) is 7.11 Å². The molecule has 0 aliphatic rings. The number of nitrogens with zero attached hydrogens (tertiary/aromatic N) is 1. The molecule has 2 aromatic rings. The van der Waals surface area contributed by atoms with Gasteiger partial charge in [-0.2, -0.15) is 0 Å². The zero-order valence-electron chi connectivity index (χ0n) is 10.1. The molecular weight excluding hydrogens is 233 g/mol. The molecule has 0 spiro atoms. The van der Waals surface area contributed by atoms with E-state index in [0.29, 0.717) is 11.3 Å². The molecular formula is C14H12FNO2. The van der Waals surface area contributed by atoms with E-state index < -0.39 is 5.82 Å². The maximum atomic E-state index is 13.0. The molecule has 0 radical (unpaired) electrons. The lowest BCUT2D eigenvalue weighted by atomic mass is 10.0. The third-order valence-corrected chi connectivity index (χ3v) is 2.57. The Hall–Kier alpha value is -2.23. The van der Waals surface area contributed by atoms with E-state index in [2.05, 4.69) is 4.98 Å². The number of ether oxygens (including phenoxy) is 1. The average Bonchev–Trinajstić information content (AvgIpc) is 2.37. The van der Waals surface area contributed by atoms with Crippen LogP contribution in [0.5, 0.6) is 5.75 Å². The normalized spacial score (nSPS) is 10.2. The first-order valence-electron chi connectivity index (χ1n) is 5.41. The molecule has 0 unspecified atom stereocenters. The first-order valence-corrected chi connectivity index (χ1v) is 5.41. The minimum atomic E-state index is -0.535. The van der Waals surface area contributed by atoms with Crippen molar-refractivity contribution in [3.63, 3.8) is 0 Å². The summed E-state index contributed by atoms with van der Waals surface area (Å²) >= 11 is 0. The fraction of sp³-hybridized carbons (Fsp3) is 0.143. The summed E-state index contributed by atoms with van der Waals surface area (Å²) in [5.41, 5.74) is 1.59. The summed E-state index contributed by atoms with van der Waals surface area (Å²) in [5.74, 6) is -0.366. The van der Waals surface area contributed by atoms with Crippen LogP contribution in [-0.4, -0.2) is 17.9 Å². The lowest BCUT2D eigenvalue weighted by molar-refractivity contribution is 0.103. The molecule has 1 heterocycles. The molecule has 0 N–H and O–H groups in total. The number of ketones is 1. The van der Waals surface area contributed by atoms with E-state index in [1.165, 1.54) is 13.3 Å². The smallest absolute Gasteiger partial charge is 0.198 e. The van der Waals surface area contributed by atoms with Gasteiger partial charge in [-0.25, -0.2) is 4.39 Å². The fourth-order valence-corrected chi connectivity index (χ4v) is 1.68. The van der Waals surface area contributed by atoms with Gasteiger partial charge in [0.05, 0.1) is 18.9 Å². The van der Waals surface area contributed by atoms with Crippen LogP contribution < -0.4 is 4.74 Å². The quantitative estimate of drug-likeness (QED) is 0.780. The highest BCUT2D eigenvalue weighted by atomic mass is 19.1. The zero-order valence-corrected chi connectivity index (χ0v) is 10.1. The molecule has 0 fully saturated rings. The molecule has 18 heavy (non-hydrogen) atoms. The molecule has 2 rings (SSSR count). The highest BCUT2D eigenvalue weighted by Crippen LogP contribution is 2.22. The van der Waals surface area contributed by atoms with Crippen LogP contribution >= 0.6 is 0 Å². The Morgan fingerprint density at radius 2 is 2.06 bits per heavy atom. The van der Waals surface area contributed by atoms with Crippen LogP contribution in [0.3, 0.4) is 0 Å². The number of aromatic nitrogens is 1. The summed E-state index contributed by atoms with van der Waals surface area (Å²) in [6.45, 7) is 1.90. The van der Waals surface area contributed by atoms with Crippen molar-refractivity contribution in [2.45, 2.75) is 6.92 Å². The molecule has 4 heteroatoms. The summed E-state index contributed by atoms with van der Waals surface area (Å²) < 4.78 is 18.2. The van der Waals surface area contributed by atoms with Gasteiger partial charge < -0.3 is 4.74 Å². The second kappa shape index (κ2) is 4.96. The Morgan fingerprint density at radius 1 is 1.28 bits per heavy atom. The third kappa shape index (κ3) is 2.37. The van der Waals surface area contributed by atoms with Gasteiger partial charge in [0.1, 0.15) is 11.6 Å². The summed E-state index contributed by atoms with van der Waals surface area (Å²) in [4.78, 5) is 15.9. The summed E-state index contributed by atoms with van der Waals surface area (Å²) in [6, 6.07) is 6.40. The number of carbonyl (C=O) groups is 1. The molecule has 1 aromatic heterocycles. The first-order chi connectivity index (χ1) is 8.61. The Balaban J connectivity index is 2.46. The average molecular weight is 245 g/mol. The van der Waals surface area contributed by atoms with E-state index in [1.807, 2.05) is 13.0 Å². The number of rotatable bonds is 3. The standard InChI is InChI=1S/C14H12FNO2/c1-9-3-4-12(13(5-9)18-2)14(17)10-6-11(15)8-16-7-10/h3-8H,1-2H3. The minimum absolute atomic E-state index is 0.206. The van der Waals surface area contributed by atoms with Crippen LogP contribution in [-0.2, 0) is 0 Å². The van der Waals surface area contributed by atoms with E-state index >= 15 is 0 Å². The molecule has 0 amide bonds. The molecule has 0 saturated carbocycles. The number of carbonyl (C=O) groups excluding carboxylic acids is 1. The van der Waals surface area contributed by atoms with Crippen LogP contribution in [0.25, 0.3) is 0 Å². The van der Waals surface area contributed by atoms with Crippen molar-refractivity contribution in [2.24, 2.45) is 0 Å². The van der Waals surface area contributed by atoms with E-state index in [9.17, 15) is 9.18 Å². The summed E-state index contributed by atoms with van der Waals surface area (Å²) in [5, 5.41) is 0. The van der Waals surface area contributed by atoms with E-state index in [-0.39, 0.29) is 11.3 Å². The lowest BCUT2D eigenvalue weighted by Crippen LogP contribution is -2.05. The van der Waals surface area contributed by atoms with Crippen LogP contribution in [0.2, 0.25) is 0 Å². The van der Waals surface area contributed by atoms with Crippen molar-refractivity contribution >= 4 is 5.78 Å². The highest BCUT2D eigenvalue weighted by Gasteiger charge is 2.15. The Kier molecular flexibility index (Phi) is 3.37. The van der Waals surface area contributed by atoms with Crippen molar-refractivity contribution < 1.29 is 13.9 Å². The molecule has 3 nitrogen and oxygen atoms in total. The van der Waals surface area contributed by atoms with Crippen LogP contribution in [0, 0.1) is 12.7 Å². The van der Waals surface area contributed by atoms with E-state index in [0.717, 1.165) is 17.8 Å². The molecule has 1 aromatic carbocycles. The largest absolute Gasteiger partial charge is 0.496 e. The van der Waals surface area contributed by atoms with E-state index in [4.69, 9.17) is 4.74 Å². The van der Waals surface area contributed by atoms with Gasteiger partial charge in [-0.05, 0) is 30.7 Å². The van der Waals surface area contributed by atoms with Gasteiger partial charge in [0.15, 0.2) is 5.78 Å². The molecule has 0 atom stereocenters. The monoisotopic (exact) mass is 245 g/mol. The van der Waals surface area contributed by atoms with Gasteiger partial charge in [0, 0.05) is 11.8 Å². The van der Waals surface area contributed by atoms with Gasteiger partial charge in [0.25, 0.3) is 0 Å².